The zero-order valence-electron chi connectivity index (χ0n) is 14.4. The molecule has 1 saturated heterocycles. The van der Waals surface area contributed by atoms with E-state index in [4.69, 9.17) is 19.7 Å². The number of fused-ring (bicyclic) bond motifs is 1. The summed E-state index contributed by atoms with van der Waals surface area (Å²) in [5.74, 6) is -2.27. The van der Waals surface area contributed by atoms with E-state index in [0.29, 0.717) is 12.5 Å². The molecule has 0 bridgehead atoms. The molecule has 27 heavy (non-hydrogen) atoms. The molecule has 1 aromatic carbocycles. The van der Waals surface area contributed by atoms with Gasteiger partial charge in [-0.3, -0.25) is 4.90 Å². The van der Waals surface area contributed by atoms with E-state index in [-0.39, 0.29) is 11.2 Å². The van der Waals surface area contributed by atoms with Gasteiger partial charge in [0.1, 0.15) is 11.4 Å². The number of alkyl halides is 3. The zero-order chi connectivity index (χ0) is 20.2. The van der Waals surface area contributed by atoms with Crippen LogP contribution in [-0.4, -0.2) is 58.5 Å². The highest BCUT2D eigenvalue weighted by Gasteiger charge is 2.55. The second-order valence-electron chi connectivity index (χ2n) is 6.60. The molecule has 1 aromatic rings. The smallest absolute Gasteiger partial charge is 0.486 e. The Labute approximate surface area is 153 Å². The van der Waals surface area contributed by atoms with Crippen molar-refractivity contribution in [2.24, 2.45) is 5.92 Å². The fourth-order valence-electron chi connectivity index (χ4n) is 3.24. The highest BCUT2D eigenvalue weighted by Crippen LogP contribution is 2.47. The number of nitrogens with zero attached hydrogens (tertiary/aromatic N) is 1. The van der Waals surface area contributed by atoms with Crippen molar-refractivity contribution >= 4 is 11.9 Å². The molecule has 2 atom stereocenters. The van der Waals surface area contributed by atoms with Crippen LogP contribution < -0.4 is 4.74 Å². The second-order valence-corrected chi connectivity index (χ2v) is 6.60. The van der Waals surface area contributed by atoms with Crippen molar-refractivity contribution in [1.82, 2.24) is 4.90 Å². The van der Waals surface area contributed by atoms with Crippen LogP contribution >= 0.6 is 0 Å². The van der Waals surface area contributed by atoms with Crippen molar-refractivity contribution in [2.45, 2.75) is 24.6 Å². The third kappa shape index (κ3) is 5.22. The first kappa shape index (κ1) is 20.8. The highest BCUT2D eigenvalue weighted by atomic mass is 19.4. The van der Waals surface area contributed by atoms with Gasteiger partial charge in [-0.05, 0) is 25.0 Å². The molecule has 6 nitrogen and oxygen atoms in total. The molecule has 3 rings (SSSR count). The van der Waals surface area contributed by atoms with Gasteiger partial charge in [0.15, 0.2) is 0 Å². The molecule has 1 heterocycles. The average molecular weight is 387 g/mol. The fraction of sp³-hybridized carbons (Fsp3) is 0.444. The molecule has 0 amide bonds. The number of carboxylic acids is 2. The lowest BCUT2D eigenvalue weighted by Crippen LogP contribution is -2.51. The Morgan fingerprint density at radius 2 is 1.85 bits per heavy atom. The van der Waals surface area contributed by atoms with Crippen molar-refractivity contribution in [3.05, 3.63) is 42.5 Å². The van der Waals surface area contributed by atoms with Crippen molar-refractivity contribution < 1.29 is 37.7 Å². The van der Waals surface area contributed by atoms with Crippen molar-refractivity contribution in [3.63, 3.8) is 0 Å². The minimum absolute atomic E-state index is 0.125. The Morgan fingerprint density at radius 3 is 2.30 bits per heavy atom. The molecule has 1 aliphatic carbocycles. The Balaban J connectivity index is 0.000000321. The predicted octanol–water partition coefficient (Wildman–Crippen LogP) is 2.80. The number of halogens is 3. The normalized spacial score (nSPS) is 24.0. The van der Waals surface area contributed by atoms with Gasteiger partial charge in [0, 0.05) is 31.1 Å². The molecule has 2 fully saturated rings. The van der Waals surface area contributed by atoms with E-state index < -0.39 is 18.1 Å². The standard InChI is InChI=1S/C16H19NO3.C2HF3O2/c1-12(15(18)19)9-17-10-13-7-8-16(13,11-17)20-14-5-3-2-4-6-14;3-2(4,5)1(6)7/h2-6,13H,1,7-11H2,(H,18,19);(H,6,7). The summed E-state index contributed by atoms with van der Waals surface area (Å²) < 4.78 is 38.0. The fourth-order valence-corrected chi connectivity index (χ4v) is 3.24. The summed E-state index contributed by atoms with van der Waals surface area (Å²) >= 11 is 0. The molecule has 2 aliphatic rings. The minimum atomic E-state index is -5.08. The Morgan fingerprint density at radius 1 is 1.26 bits per heavy atom. The topological polar surface area (TPSA) is 87.1 Å². The summed E-state index contributed by atoms with van der Waals surface area (Å²) in [7, 11) is 0. The number of hydrogen-bond acceptors (Lipinski definition) is 4. The number of hydrogen-bond donors (Lipinski definition) is 2. The molecule has 2 unspecified atom stereocenters. The van der Waals surface area contributed by atoms with Crippen LogP contribution in [-0.2, 0) is 9.59 Å². The van der Waals surface area contributed by atoms with Gasteiger partial charge in [-0.15, -0.1) is 0 Å². The van der Waals surface area contributed by atoms with Crippen molar-refractivity contribution in [3.8, 4) is 5.75 Å². The lowest BCUT2D eigenvalue weighted by Gasteiger charge is -2.44. The van der Waals surface area contributed by atoms with Gasteiger partial charge < -0.3 is 14.9 Å². The quantitative estimate of drug-likeness (QED) is 0.756. The molecule has 9 heteroatoms. The summed E-state index contributed by atoms with van der Waals surface area (Å²) in [5, 5.41) is 16.1. The Kier molecular flexibility index (Phi) is 6.15. The maximum absolute atomic E-state index is 10.9. The van der Waals surface area contributed by atoms with Crippen LogP contribution in [0.1, 0.15) is 12.8 Å². The molecular weight excluding hydrogens is 367 g/mol. The third-order valence-electron chi connectivity index (χ3n) is 4.65. The van der Waals surface area contributed by atoms with Crippen LogP contribution in [0.4, 0.5) is 13.2 Å². The number of rotatable bonds is 5. The maximum atomic E-state index is 10.9. The molecular formula is C18H20F3NO5. The Hall–Kier alpha value is -2.55. The largest absolute Gasteiger partial charge is 0.490 e. The number of carbonyl (C=O) groups is 2. The van der Waals surface area contributed by atoms with Crippen LogP contribution in [0.25, 0.3) is 0 Å². The first-order chi connectivity index (χ1) is 12.5. The molecule has 1 saturated carbocycles. The number of likely N-dealkylation sites (tertiary alicyclic amines) is 1. The molecule has 0 aromatic heterocycles. The number of aliphatic carboxylic acids is 2. The van der Waals surface area contributed by atoms with Crippen molar-refractivity contribution in [2.75, 3.05) is 19.6 Å². The number of para-hydroxylation sites is 1. The van der Waals surface area contributed by atoms with Crippen LogP contribution in [0.15, 0.2) is 42.5 Å². The van der Waals surface area contributed by atoms with Crippen LogP contribution in [0.5, 0.6) is 5.75 Å². The van der Waals surface area contributed by atoms with E-state index in [2.05, 4.69) is 11.5 Å². The second kappa shape index (κ2) is 7.99. The van der Waals surface area contributed by atoms with Crippen LogP contribution in [0.2, 0.25) is 0 Å². The summed E-state index contributed by atoms with van der Waals surface area (Å²) in [6.07, 6.45) is -2.88. The van der Waals surface area contributed by atoms with E-state index >= 15 is 0 Å². The van der Waals surface area contributed by atoms with E-state index in [9.17, 15) is 18.0 Å². The average Bonchev–Trinajstić information content (AvgIpc) is 2.80. The van der Waals surface area contributed by atoms with E-state index in [0.717, 1.165) is 31.7 Å². The lowest BCUT2D eigenvalue weighted by atomic mass is 9.71. The van der Waals surface area contributed by atoms with Crippen LogP contribution in [0, 0.1) is 5.92 Å². The summed E-state index contributed by atoms with van der Waals surface area (Å²) in [6, 6.07) is 9.86. The third-order valence-corrected chi connectivity index (χ3v) is 4.65. The van der Waals surface area contributed by atoms with E-state index in [1.807, 2.05) is 30.3 Å². The zero-order valence-corrected chi connectivity index (χ0v) is 14.4. The predicted molar refractivity (Wildman–Crippen MR) is 89.4 cm³/mol. The lowest BCUT2D eigenvalue weighted by molar-refractivity contribution is -0.192. The van der Waals surface area contributed by atoms with Gasteiger partial charge in [-0.25, -0.2) is 9.59 Å². The van der Waals surface area contributed by atoms with Gasteiger partial charge in [0.05, 0.1) is 0 Å². The van der Waals surface area contributed by atoms with Gasteiger partial charge in [-0.1, -0.05) is 24.8 Å². The van der Waals surface area contributed by atoms with E-state index in [1.54, 1.807) is 0 Å². The maximum Gasteiger partial charge on any atom is 0.490 e. The number of benzene rings is 1. The highest BCUT2D eigenvalue weighted by molar-refractivity contribution is 5.86. The molecule has 0 spiro atoms. The van der Waals surface area contributed by atoms with E-state index in [1.165, 1.54) is 0 Å². The summed E-state index contributed by atoms with van der Waals surface area (Å²) in [4.78, 5) is 21.9. The minimum Gasteiger partial charge on any atom is -0.486 e. The molecule has 1 aliphatic heterocycles. The summed E-state index contributed by atoms with van der Waals surface area (Å²) in [6.45, 7) is 5.73. The number of ether oxygens (including phenoxy) is 1. The van der Waals surface area contributed by atoms with Crippen molar-refractivity contribution in [1.29, 1.82) is 0 Å². The van der Waals surface area contributed by atoms with Gasteiger partial charge >= 0.3 is 18.1 Å². The number of carboxylic acid groups (broad SMARTS) is 2. The summed E-state index contributed by atoms with van der Waals surface area (Å²) in [5.41, 5.74) is 0.126. The molecule has 2 N–H and O–H groups in total. The molecule has 148 valence electrons. The SMILES string of the molecule is C=C(CN1CC2CCC2(Oc2ccccc2)C1)C(=O)O.O=C(O)C(F)(F)F. The first-order valence-electron chi connectivity index (χ1n) is 8.21. The van der Waals surface area contributed by atoms with Gasteiger partial charge in [0.2, 0.25) is 0 Å². The first-order valence-corrected chi connectivity index (χ1v) is 8.21. The monoisotopic (exact) mass is 387 g/mol. The van der Waals surface area contributed by atoms with Crippen LogP contribution in [0.3, 0.4) is 0 Å². The van der Waals surface area contributed by atoms with Gasteiger partial charge in [0.25, 0.3) is 0 Å². The molecule has 0 radical (unpaired) electrons. The Bertz CT molecular complexity index is 707. The van der Waals surface area contributed by atoms with Gasteiger partial charge in [-0.2, -0.15) is 13.2 Å².